The molecule has 0 bridgehead atoms. The summed E-state index contributed by atoms with van der Waals surface area (Å²) in [6.07, 6.45) is -7.87. The summed E-state index contributed by atoms with van der Waals surface area (Å²) in [5.74, 6) is -16.9. The third-order valence-corrected chi connectivity index (χ3v) is 13.9. The number of nitrogens with zero attached hydrogens (tertiary/aromatic N) is 1. The Morgan fingerprint density at radius 3 is 1.18 bits per heavy atom. The smallest absolute Gasteiger partial charge is 0.465 e. The predicted molar refractivity (Wildman–Crippen MR) is 281 cm³/mol. The third kappa shape index (κ3) is 42.5. The second-order valence-corrected chi connectivity index (χ2v) is 22.0. The Labute approximate surface area is 482 Å². The van der Waals surface area contributed by atoms with Gasteiger partial charge in [0, 0.05) is 77.4 Å². The number of unbranched alkanes of at least 4 members (excludes halogenated alkanes) is 14. The van der Waals surface area contributed by atoms with Gasteiger partial charge >= 0.3 is 42.3 Å². The molecule has 0 radical (unpaired) electrons. The number of hydrogen-bond acceptors (Lipinski definition) is 12. The molecule has 12 nitrogen and oxygen atoms in total. The Kier molecular flexibility index (Phi) is 40.2. The fraction of sp³-hybridized carbons (Fsp3) is 0.947. The SMILES string of the molecule is CCN1CCCC(COC(=O)OCC(COC(=O)CCCCC(OCCCCCCC(C)(F)F)OCCCCCCC(C)(F)F)COC(=O)CCCCC(OCCCCCCC(F)(F)C(F)(F)F)OCCCCCCC(F)(F)C(F)(F)F)C1. The molecule has 0 aliphatic carbocycles. The first-order chi connectivity index (χ1) is 38.9. The first kappa shape index (κ1) is 78.0. The van der Waals surface area contributed by atoms with E-state index in [-0.39, 0.29) is 135 Å². The van der Waals surface area contributed by atoms with E-state index in [1.165, 1.54) is 0 Å². The van der Waals surface area contributed by atoms with Gasteiger partial charge in [-0.1, -0.05) is 58.3 Å². The third-order valence-electron chi connectivity index (χ3n) is 13.9. The van der Waals surface area contributed by atoms with Crippen molar-refractivity contribution in [1.29, 1.82) is 0 Å². The van der Waals surface area contributed by atoms with E-state index in [2.05, 4.69) is 4.90 Å². The van der Waals surface area contributed by atoms with Crippen molar-refractivity contribution in [2.45, 2.75) is 262 Å². The summed E-state index contributed by atoms with van der Waals surface area (Å²) in [4.78, 5) is 40.8. The lowest BCUT2D eigenvalue weighted by Crippen LogP contribution is -2.37. The summed E-state index contributed by atoms with van der Waals surface area (Å²) in [6.45, 7) is 6.33. The van der Waals surface area contributed by atoms with Crippen LogP contribution in [0.3, 0.4) is 0 Å². The van der Waals surface area contributed by atoms with Crippen molar-refractivity contribution in [2.75, 3.05) is 72.5 Å². The fourth-order valence-electron chi connectivity index (χ4n) is 8.82. The van der Waals surface area contributed by atoms with Gasteiger partial charge in [-0.15, -0.1) is 0 Å². The van der Waals surface area contributed by atoms with Crippen LogP contribution in [0.2, 0.25) is 0 Å². The molecule has 1 fully saturated rings. The van der Waals surface area contributed by atoms with Crippen molar-refractivity contribution in [3.05, 3.63) is 0 Å². The highest BCUT2D eigenvalue weighted by atomic mass is 19.4. The van der Waals surface area contributed by atoms with Crippen LogP contribution in [0.25, 0.3) is 0 Å². The Morgan fingerprint density at radius 1 is 0.458 bits per heavy atom. The van der Waals surface area contributed by atoms with Crippen molar-refractivity contribution in [3.8, 4) is 0 Å². The summed E-state index contributed by atoms with van der Waals surface area (Å²) in [7, 11) is 0. The van der Waals surface area contributed by atoms with E-state index in [0.29, 0.717) is 90.3 Å². The Morgan fingerprint density at radius 2 is 0.819 bits per heavy atom. The van der Waals surface area contributed by atoms with E-state index < -0.39 is 85.5 Å². The van der Waals surface area contributed by atoms with Gasteiger partial charge in [0.25, 0.3) is 0 Å². The van der Waals surface area contributed by atoms with Crippen molar-refractivity contribution in [2.24, 2.45) is 11.8 Å². The molecule has 1 aliphatic heterocycles. The molecule has 0 N–H and O–H groups in total. The zero-order chi connectivity index (χ0) is 62.3. The standard InChI is InChI=1S/C57H95F14NO11/c1-4-72-35-25-26-45(40-72)41-82-51(75)83-44-46(42-80-47(73)27-13-15-29-49(76-36-21-9-5-17-31-52(2,58)59)77-37-22-10-6-18-32-53(3,60)61)43-81-48(74)28-14-16-30-50(78-38-23-11-7-19-33-54(62,63)56(66,67)68)79-39-24-12-8-20-34-55(64,65)57(69,70)71/h45-46,49-50H,4-44H2,1-3H3. The summed E-state index contributed by atoms with van der Waals surface area (Å²) >= 11 is 0. The molecule has 1 rings (SSSR count). The lowest BCUT2D eigenvalue weighted by atomic mass is 9.99. The van der Waals surface area contributed by atoms with Crippen LogP contribution in [-0.4, -0.2) is 144 Å². The quantitative estimate of drug-likeness (QED) is 0.0189. The minimum absolute atomic E-state index is 0.00341. The molecule has 83 heavy (non-hydrogen) atoms. The summed E-state index contributed by atoms with van der Waals surface area (Å²) in [5, 5.41) is 0. The van der Waals surface area contributed by atoms with Gasteiger partial charge in [0.2, 0.25) is 11.8 Å². The topological polar surface area (TPSA) is 128 Å². The molecule has 492 valence electrons. The number of halogens is 14. The molecule has 1 aliphatic rings. The van der Waals surface area contributed by atoms with Gasteiger partial charge in [0.15, 0.2) is 12.6 Å². The maximum atomic E-state index is 13.3. The number of ether oxygens (including phenoxy) is 8. The van der Waals surface area contributed by atoms with Crippen LogP contribution >= 0.6 is 0 Å². The number of likely N-dealkylation sites (tertiary alicyclic amines) is 1. The first-order valence-corrected chi connectivity index (χ1v) is 29.9. The van der Waals surface area contributed by atoms with Crippen molar-refractivity contribution in [1.82, 2.24) is 4.90 Å². The van der Waals surface area contributed by atoms with Gasteiger partial charge in [-0.05, 0) is 130 Å². The minimum Gasteiger partial charge on any atom is -0.465 e. The van der Waals surface area contributed by atoms with Gasteiger partial charge in [-0.2, -0.15) is 43.9 Å². The molecule has 1 heterocycles. The van der Waals surface area contributed by atoms with Crippen LogP contribution < -0.4 is 0 Å². The molecule has 0 saturated carbocycles. The van der Waals surface area contributed by atoms with Crippen LogP contribution in [0.5, 0.6) is 0 Å². The number of alkyl halides is 14. The molecule has 2 atom stereocenters. The first-order valence-electron chi connectivity index (χ1n) is 29.9. The molecule has 0 amide bonds. The molecule has 26 heteroatoms. The van der Waals surface area contributed by atoms with E-state index in [4.69, 9.17) is 37.9 Å². The van der Waals surface area contributed by atoms with E-state index in [0.717, 1.165) is 46.3 Å². The lowest BCUT2D eigenvalue weighted by Gasteiger charge is -2.31. The maximum Gasteiger partial charge on any atom is 0.508 e. The van der Waals surface area contributed by atoms with Crippen LogP contribution in [0.4, 0.5) is 66.3 Å². The number of esters is 2. The zero-order valence-electron chi connectivity index (χ0n) is 49.0. The Bertz CT molecular complexity index is 1600. The number of carbonyl (C=O) groups is 3. The molecule has 0 spiro atoms. The van der Waals surface area contributed by atoms with Crippen LogP contribution in [0, 0.1) is 11.8 Å². The molecule has 1 saturated heterocycles. The van der Waals surface area contributed by atoms with Crippen LogP contribution in [0.15, 0.2) is 0 Å². The van der Waals surface area contributed by atoms with Gasteiger partial charge < -0.3 is 42.8 Å². The van der Waals surface area contributed by atoms with E-state index >= 15 is 0 Å². The van der Waals surface area contributed by atoms with Gasteiger partial charge in [-0.3, -0.25) is 9.59 Å². The van der Waals surface area contributed by atoms with E-state index in [1.807, 2.05) is 6.92 Å². The summed E-state index contributed by atoms with van der Waals surface area (Å²) in [5.41, 5.74) is 0. The number of carbonyl (C=O) groups excluding carboxylic acids is 3. The highest BCUT2D eigenvalue weighted by Gasteiger charge is 2.57. The molecular weight excluding hydrogens is 1140 g/mol. The molecule has 2 unspecified atom stereocenters. The van der Waals surface area contributed by atoms with Crippen molar-refractivity contribution in [3.63, 3.8) is 0 Å². The molecule has 0 aromatic carbocycles. The number of rotatable bonds is 51. The predicted octanol–water partition coefficient (Wildman–Crippen LogP) is 16.9. The fourth-order valence-corrected chi connectivity index (χ4v) is 8.82. The second-order valence-electron chi connectivity index (χ2n) is 22.0. The Balaban J connectivity index is 2.80. The molecule has 0 aromatic heterocycles. The van der Waals surface area contributed by atoms with Crippen LogP contribution in [-0.2, 0) is 47.5 Å². The highest BCUT2D eigenvalue weighted by Crippen LogP contribution is 2.40. The average Bonchev–Trinajstić information content (AvgIpc) is 3.60. The summed E-state index contributed by atoms with van der Waals surface area (Å²) < 4.78 is 226. The van der Waals surface area contributed by atoms with Gasteiger partial charge in [0.1, 0.15) is 19.8 Å². The summed E-state index contributed by atoms with van der Waals surface area (Å²) in [6, 6.07) is 0. The molecule has 0 aromatic rings. The zero-order valence-corrected chi connectivity index (χ0v) is 49.0. The van der Waals surface area contributed by atoms with Gasteiger partial charge in [-0.25, -0.2) is 22.4 Å². The number of hydrogen-bond donors (Lipinski definition) is 0. The monoisotopic (exact) mass is 1240 g/mol. The Hall–Kier alpha value is -2.97. The second kappa shape index (κ2) is 42.8. The van der Waals surface area contributed by atoms with Gasteiger partial charge in [0.05, 0.1) is 12.5 Å². The average molecular weight is 1240 g/mol. The van der Waals surface area contributed by atoms with Crippen molar-refractivity contribution >= 4 is 18.1 Å². The highest BCUT2D eigenvalue weighted by molar-refractivity contribution is 5.69. The number of piperidine rings is 1. The minimum atomic E-state index is -5.65. The molecular formula is C57H95F14NO11. The maximum absolute atomic E-state index is 13.3. The van der Waals surface area contributed by atoms with Crippen molar-refractivity contribution < 1.29 is 114 Å². The van der Waals surface area contributed by atoms with Crippen LogP contribution in [0.1, 0.15) is 213 Å². The normalized spacial score (nSPS) is 15.5. The van der Waals surface area contributed by atoms with E-state index in [9.17, 15) is 75.8 Å². The van der Waals surface area contributed by atoms with E-state index in [1.54, 1.807) is 0 Å². The largest absolute Gasteiger partial charge is 0.508 e. The lowest BCUT2D eigenvalue weighted by molar-refractivity contribution is -0.284.